The summed E-state index contributed by atoms with van der Waals surface area (Å²) in [4.78, 5) is 31.3. The smallest absolute Gasteiger partial charge is 0.198 e. The van der Waals surface area contributed by atoms with Crippen LogP contribution in [0.4, 0.5) is 0 Å². The lowest BCUT2D eigenvalue weighted by Crippen LogP contribution is -3.27. The molecule has 0 spiro atoms. The Balaban J connectivity index is 1.48. The normalized spacial score (nSPS) is 19.4. The lowest BCUT2D eigenvalue weighted by molar-refractivity contribution is -1.02. The van der Waals surface area contributed by atoms with Crippen molar-refractivity contribution in [2.45, 2.75) is 26.9 Å². The van der Waals surface area contributed by atoms with E-state index < -0.39 is 0 Å². The Hall–Kier alpha value is -2.76. The van der Waals surface area contributed by atoms with Crippen molar-refractivity contribution in [2.75, 3.05) is 26.2 Å². The van der Waals surface area contributed by atoms with Gasteiger partial charge in [-0.05, 0) is 32.0 Å². The number of nitrogens with one attached hydrogen (secondary N) is 3. The number of aromatic nitrogens is 1. The zero-order chi connectivity index (χ0) is 20.4. The maximum atomic E-state index is 13.2. The van der Waals surface area contributed by atoms with Crippen molar-refractivity contribution < 1.29 is 14.6 Å². The molecule has 0 atom stereocenters. The number of fused-ring (bicyclic) bond motifs is 1. The first kappa shape index (κ1) is 19.6. The fourth-order valence-corrected chi connectivity index (χ4v) is 4.33. The third-order valence-electron chi connectivity index (χ3n) is 6.11. The molecule has 0 bridgehead atoms. The number of Topliss-reactive ketones (excluding diaryl/α,β-unsaturated/α-hetero) is 1. The predicted octanol–water partition coefficient (Wildman–Crippen LogP) is 0.523. The van der Waals surface area contributed by atoms with Gasteiger partial charge >= 0.3 is 0 Å². The molecular weight excluding hydrogens is 362 g/mol. The van der Waals surface area contributed by atoms with Crippen LogP contribution in [0.15, 0.2) is 53.3 Å². The maximum absolute atomic E-state index is 13.2. The van der Waals surface area contributed by atoms with Crippen molar-refractivity contribution >= 4 is 16.7 Å². The minimum absolute atomic E-state index is 0.0171. The van der Waals surface area contributed by atoms with Gasteiger partial charge in [-0.25, -0.2) is 0 Å². The number of hydrogen-bond acceptors (Lipinski definition) is 2. The Morgan fingerprint density at radius 1 is 0.966 bits per heavy atom. The molecule has 1 saturated heterocycles. The number of pyridine rings is 1. The van der Waals surface area contributed by atoms with Gasteiger partial charge in [-0.3, -0.25) is 9.59 Å². The maximum Gasteiger partial charge on any atom is 0.198 e. The highest BCUT2D eigenvalue weighted by Gasteiger charge is 2.25. The summed E-state index contributed by atoms with van der Waals surface area (Å²) in [5, 5.41) is 0.617. The molecule has 29 heavy (non-hydrogen) atoms. The average Bonchev–Trinajstić information content (AvgIpc) is 2.73. The van der Waals surface area contributed by atoms with Gasteiger partial charge in [-0.1, -0.05) is 30.3 Å². The minimum Gasteiger partial charge on any atom is -0.358 e. The van der Waals surface area contributed by atoms with Gasteiger partial charge in [0.2, 0.25) is 0 Å². The van der Waals surface area contributed by atoms with Gasteiger partial charge in [0.25, 0.3) is 0 Å². The number of carbonyl (C=O) groups is 1. The van der Waals surface area contributed by atoms with E-state index in [9.17, 15) is 9.59 Å². The van der Waals surface area contributed by atoms with Crippen LogP contribution in [-0.2, 0) is 13.1 Å². The minimum atomic E-state index is -0.0171. The van der Waals surface area contributed by atoms with E-state index in [0.29, 0.717) is 10.9 Å². The summed E-state index contributed by atoms with van der Waals surface area (Å²) in [6.07, 6.45) is 0. The van der Waals surface area contributed by atoms with Crippen LogP contribution in [0.25, 0.3) is 10.9 Å². The molecule has 1 aliphatic heterocycles. The molecular formula is C24H29N3O2+2. The third-order valence-corrected chi connectivity index (χ3v) is 6.11. The number of ketones is 1. The van der Waals surface area contributed by atoms with E-state index in [-0.39, 0.29) is 11.2 Å². The van der Waals surface area contributed by atoms with Crippen LogP contribution in [0.2, 0.25) is 0 Å². The molecule has 4 rings (SSSR count). The summed E-state index contributed by atoms with van der Waals surface area (Å²) >= 11 is 0. The van der Waals surface area contributed by atoms with Crippen molar-refractivity contribution in [3.8, 4) is 0 Å². The zero-order valence-electron chi connectivity index (χ0n) is 17.2. The van der Waals surface area contributed by atoms with E-state index in [1.165, 1.54) is 17.4 Å². The number of benzene rings is 2. The summed E-state index contributed by atoms with van der Waals surface area (Å²) in [6, 6.07) is 16.0. The first-order valence-electron chi connectivity index (χ1n) is 10.4. The van der Waals surface area contributed by atoms with E-state index >= 15 is 0 Å². The van der Waals surface area contributed by atoms with Crippen LogP contribution in [0.5, 0.6) is 0 Å². The largest absolute Gasteiger partial charge is 0.358 e. The quantitative estimate of drug-likeness (QED) is 0.556. The molecule has 3 aromatic rings. The molecule has 5 nitrogen and oxygen atoms in total. The van der Waals surface area contributed by atoms with Gasteiger partial charge in [0.05, 0.1) is 5.56 Å². The summed E-state index contributed by atoms with van der Waals surface area (Å²) in [7, 11) is 0. The van der Waals surface area contributed by atoms with Crippen molar-refractivity contribution in [3.05, 3.63) is 81.1 Å². The summed E-state index contributed by atoms with van der Waals surface area (Å²) in [5.41, 5.74) is 4.61. The number of quaternary nitrogens is 2. The Labute approximate surface area is 171 Å². The van der Waals surface area contributed by atoms with Gasteiger partial charge in [-0.2, -0.15) is 0 Å². The van der Waals surface area contributed by atoms with Crippen LogP contribution < -0.4 is 15.2 Å². The predicted molar refractivity (Wildman–Crippen MR) is 115 cm³/mol. The first-order chi connectivity index (χ1) is 14.0. The Morgan fingerprint density at radius 2 is 1.62 bits per heavy atom. The second kappa shape index (κ2) is 8.31. The Kier molecular flexibility index (Phi) is 5.60. The highest BCUT2D eigenvalue weighted by Crippen LogP contribution is 2.14. The molecule has 150 valence electrons. The molecule has 5 heteroatoms. The van der Waals surface area contributed by atoms with Crippen LogP contribution in [-0.4, -0.2) is 36.9 Å². The fraction of sp³-hybridized carbons (Fsp3) is 0.333. The molecule has 2 heterocycles. The van der Waals surface area contributed by atoms with E-state index in [1.54, 1.807) is 17.0 Å². The molecule has 1 fully saturated rings. The lowest BCUT2D eigenvalue weighted by atomic mass is 10.0. The molecule has 0 aliphatic carbocycles. The summed E-state index contributed by atoms with van der Waals surface area (Å²) < 4.78 is 0. The number of H-pyrrole nitrogens is 1. The van der Waals surface area contributed by atoms with Gasteiger partial charge < -0.3 is 14.8 Å². The number of rotatable bonds is 5. The van der Waals surface area contributed by atoms with Crippen LogP contribution in [0.3, 0.4) is 0 Å². The zero-order valence-corrected chi connectivity index (χ0v) is 17.2. The van der Waals surface area contributed by atoms with Crippen molar-refractivity contribution in [1.82, 2.24) is 4.98 Å². The van der Waals surface area contributed by atoms with Gasteiger partial charge in [0, 0.05) is 27.7 Å². The van der Waals surface area contributed by atoms with Crippen LogP contribution in [0, 0.1) is 6.92 Å². The summed E-state index contributed by atoms with van der Waals surface area (Å²) in [6.45, 7) is 9.67. The average molecular weight is 392 g/mol. The number of aromatic amines is 1. The molecule has 0 saturated carbocycles. The van der Waals surface area contributed by atoms with E-state index in [2.05, 4.69) is 35.3 Å². The topological polar surface area (TPSA) is 58.8 Å². The molecule has 0 unspecified atom stereocenters. The van der Waals surface area contributed by atoms with Crippen molar-refractivity contribution in [1.29, 1.82) is 0 Å². The molecule has 1 aromatic heterocycles. The second-order valence-corrected chi connectivity index (χ2v) is 8.21. The Bertz CT molecular complexity index is 1080. The van der Waals surface area contributed by atoms with Crippen LogP contribution >= 0.6 is 0 Å². The number of aryl methyl sites for hydroxylation is 1. The number of piperazine rings is 1. The molecule has 0 amide bonds. The second-order valence-electron chi connectivity index (χ2n) is 8.21. The van der Waals surface area contributed by atoms with Crippen LogP contribution in [0.1, 0.15) is 34.1 Å². The fourth-order valence-electron chi connectivity index (χ4n) is 4.33. The molecule has 2 aromatic carbocycles. The monoisotopic (exact) mass is 391 g/mol. The standard InChI is InChI=1S/C24H27N3O2/c1-17-22(24(29)21-14-20(18(2)28)8-9-23(21)25-17)16-27-12-10-26(11-13-27)15-19-6-4-3-5-7-19/h3-9,14H,10-13,15-16H2,1-2H3,(H,25,29)/p+2. The summed E-state index contributed by atoms with van der Waals surface area (Å²) in [5.74, 6) is -0.0171. The van der Waals surface area contributed by atoms with Gasteiger partial charge in [0.15, 0.2) is 11.2 Å². The van der Waals surface area contributed by atoms with Gasteiger partial charge in [0.1, 0.15) is 39.3 Å². The van der Waals surface area contributed by atoms with Crippen molar-refractivity contribution in [3.63, 3.8) is 0 Å². The first-order valence-corrected chi connectivity index (χ1v) is 10.4. The molecule has 3 N–H and O–H groups in total. The molecule has 1 aliphatic rings. The lowest BCUT2D eigenvalue weighted by Gasteiger charge is -2.30. The number of hydrogen-bond donors (Lipinski definition) is 3. The van der Waals surface area contributed by atoms with Gasteiger partial charge in [-0.15, -0.1) is 0 Å². The molecule has 0 radical (unpaired) electrons. The van der Waals surface area contributed by atoms with E-state index in [4.69, 9.17) is 0 Å². The highest BCUT2D eigenvalue weighted by molar-refractivity contribution is 5.97. The van der Waals surface area contributed by atoms with E-state index in [1.807, 2.05) is 13.0 Å². The number of carbonyl (C=O) groups excluding carboxylic acids is 1. The third kappa shape index (κ3) is 4.31. The van der Waals surface area contributed by atoms with Crippen molar-refractivity contribution in [2.24, 2.45) is 0 Å². The SMILES string of the molecule is CC(=O)c1ccc2[nH]c(C)c(C[NH+]3CC[NH+](Cc4ccccc4)CC3)c(=O)c2c1. The van der Waals surface area contributed by atoms with E-state index in [0.717, 1.165) is 56.0 Å². The Morgan fingerprint density at radius 3 is 2.28 bits per heavy atom. The highest BCUT2D eigenvalue weighted by atomic mass is 16.1.